The van der Waals surface area contributed by atoms with Gasteiger partial charge in [-0.2, -0.15) is 0 Å². The van der Waals surface area contributed by atoms with E-state index in [-0.39, 0.29) is 10.9 Å². The number of aromatic nitrogens is 2. The van der Waals surface area contributed by atoms with Crippen molar-refractivity contribution < 1.29 is 13.6 Å². The van der Waals surface area contributed by atoms with E-state index in [1.54, 1.807) is 6.92 Å². The zero-order valence-electron chi connectivity index (χ0n) is 11.7. The molecule has 1 atom stereocenters. The standard InChI is InChI=1S/C14H13ClFN3O2S/c1-7(22-14-19-18-13(21-14)8-2-3-8)12(20)17-9-4-5-11(16)10(15)6-9/h4-8H,2-3H2,1H3,(H,17,20)/t7-/m0/s1. The van der Waals surface area contributed by atoms with Gasteiger partial charge < -0.3 is 9.73 Å². The van der Waals surface area contributed by atoms with Crippen LogP contribution in [0.3, 0.4) is 0 Å². The Hall–Kier alpha value is -1.60. The van der Waals surface area contributed by atoms with E-state index in [1.165, 1.54) is 30.0 Å². The number of hydrogen-bond acceptors (Lipinski definition) is 5. The minimum absolute atomic E-state index is 0.0379. The number of anilines is 1. The first kappa shape index (κ1) is 15.3. The van der Waals surface area contributed by atoms with Crippen LogP contribution in [-0.2, 0) is 4.79 Å². The van der Waals surface area contributed by atoms with Crippen molar-refractivity contribution in [3.63, 3.8) is 0 Å². The lowest BCUT2D eigenvalue weighted by atomic mass is 10.3. The summed E-state index contributed by atoms with van der Waals surface area (Å²) in [5.41, 5.74) is 0.438. The third-order valence-electron chi connectivity index (χ3n) is 3.18. The van der Waals surface area contributed by atoms with E-state index in [2.05, 4.69) is 15.5 Å². The molecule has 1 heterocycles. The van der Waals surface area contributed by atoms with Crippen LogP contribution in [-0.4, -0.2) is 21.4 Å². The number of hydrogen-bond donors (Lipinski definition) is 1. The monoisotopic (exact) mass is 341 g/mol. The van der Waals surface area contributed by atoms with Gasteiger partial charge in [-0.1, -0.05) is 23.4 Å². The van der Waals surface area contributed by atoms with Gasteiger partial charge in [0.05, 0.1) is 10.3 Å². The van der Waals surface area contributed by atoms with E-state index >= 15 is 0 Å². The number of amides is 1. The molecule has 1 saturated carbocycles. The van der Waals surface area contributed by atoms with Gasteiger partial charge in [-0.05, 0) is 38.0 Å². The first-order valence-corrected chi connectivity index (χ1v) is 8.04. The van der Waals surface area contributed by atoms with Gasteiger partial charge in [0.2, 0.25) is 11.8 Å². The predicted octanol–water partition coefficient (Wildman–Crippen LogP) is 3.86. The molecule has 0 unspecified atom stereocenters. The van der Waals surface area contributed by atoms with Crippen LogP contribution < -0.4 is 5.32 Å². The van der Waals surface area contributed by atoms with Gasteiger partial charge in [0, 0.05) is 11.6 Å². The fourth-order valence-corrected chi connectivity index (χ4v) is 2.66. The molecule has 1 aromatic carbocycles. The summed E-state index contributed by atoms with van der Waals surface area (Å²) in [5, 5.41) is 10.5. The summed E-state index contributed by atoms with van der Waals surface area (Å²) in [6.45, 7) is 1.73. The zero-order chi connectivity index (χ0) is 15.7. The number of carbonyl (C=O) groups is 1. The molecule has 5 nitrogen and oxygen atoms in total. The van der Waals surface area contributed by atoms with Gasteiger partial charge in [0.1, 0.15) is 5.82 Å². The Morgan fingerprint density at radius 3 is 2.95 bits per heavy atom. The number of nitrogens with one attached hydrogen (secondary N) is 1. The van der Waals surface area contributed by atoms with Crippen LogP contribution in [0.4, 0.5) is 10.1 Å². The molecule has 0 spiro atoms. The van der Waals surface area contributed by atoms with Crippen molar-refractivity contribution in [3.8, 4) is 0 Å². The summed E-state index contributed by atoms with van der Waals surface area (Å²) in [7, 11) is 0. The van der Waals surface area contributed by atoms with Crippen LogP contribution in [0.5, 0.6) is 0 Å². The number of halogens is 2. The first-order chi connectivity index (χ1) is 10.5. The molecule has 22 heavy (non-hydrogen) atoms. The van der Waals surface area contributed by atoms with E-state index in [0.29, 0.717) is 22.7 Å². The first-order valence-electron chi connectivity index (χ1n) is 6.79. The van der Waals surface area contributed by atoms with Crippen LogP contribution in [0.1, 0.15) is 31.6 Å². The Labute approximate surface area is 135 Å². The average molecular weight is 342 g/mol. The average Bonchev–Trinajstić information content (AvgIpc) is 3.23. The molecule has 1 aliphatic carbocycles. The van der Waals surface area contributed by atoms with Gasteiger partial charge in [-0.3, -0.25) is 4.79 Å². The van der Waals surface area contributed by atoms with Gasteiger partial charge in [0.25, 0.3) is 5.22 Å². The lowest BCUT2D eigenvalue weighted by Crippen LogP contribution is -2.22. The molecule has 116 valence electrons. The maximum absolute atomic E-state index is 13.1. The maximum Gasteiger partial charge on any atom is 0.277 e. The lowest BCUT2D eigenvalue weighted by molar-refractivity contribution is -0.115. The molecule has 1 fully saturated rings. The van der Waals surface area contributed by atoms with Crippen molar-refractivity contribution in [2.45, 2.75) is 36.2 Å². The smallest absolute Gasteiger partial charge is 0.277 e. The van der Waals surface area contributed by atoms with Gasteiger partial charge in [-0.25, -0.2) is 4.39 Å². The maximum atomic E-state index is 13.1. The Morgan fingerprint density at radius 2 is 2.27 bits per heavy atom. The number of rotatable bonds is 5. The molecule has 1 aromatic heterocycles. The SMILES string of the molecule is C[C@H](Sc1nnc(C2CC2)o1)C(=O)Nc1ccc(F)c(Cl)c1. The fraction of sp³-hybridized carbons (Fsp3) is 0.357. The van der Waals surface area contributed by atoms with Crippen LogP contribution in [0, 0.1) is 5.82 Å². The molecule has 0 saturated heterocycles. The molecule has 1 N–H and O–H groups in total. The highest BCUT2D eigenvalue weighted by Crippen LogP contribution is 2.40. The summed E-state index contributed by atoms with van der Waals surface area (Å²) in [6, 6.07) is 4.02. The number of thioether (sulfide) groups is 1. The van der Waals surface area contributed by atoms with E-state index in [9.17, 15) is 9.18 Å². The highest BCUT2D eigenvalue weighted by molar-refractivity contribution is 8.00. The van der Waals surface area contributed by atoms with Crippen molar-refractivity contribution in [2.24, 2.45) is 0 Å². The molecule has 1 aliphatic rings. The Kier molecular flexibility index (Phi) is 4.35. The van der Waals surface area contributed by atoms with Crippen molar-refractivity contribution in [1.29, 1.82) is 0 Å². The molecular formula is C14H13ClFN3O2S. The molecule has 8 heteroatoms. The van der Waals surface area contributed by atoms with Gasteiger partial charge in [0.15, 0.2) is 0 Å². The third-order valence-corrected chi connectivity index (χ3v) is 4.41. The summed E-state index contributed by atoms with van der Waals surface area (Å²) in [4.78, 5) is 12.1. The van der Waals surface area contributed by atoms with Gasteiger partial charge in [-0.15, -0.1) is 10.2 Å². The molecule has 0 bridgehead atoms. The molecule has 0 aliphatic heterocycles. The summed E-state index contributed by atoms with van der Waals surface area (Å²) >= 11 is 6.87. The van der Waals surface area contributed by atoms with E-state index in [0.717, 1.165) is 12.8 Å². The lowest BCUT2D eigenvalue weighted by Gasteiger charge is -2.10. The highest BCUT2D eigenvalue weighted by atomic mass is 35.5. The second-order valence-corrected chi connectivity index (χ2v) is 6.76. The quantitative estimate of drug-likeness (QED) is 0.836. The zero-order valence-corrected chi connectivity index (χ0v) is 13.2. The molecule has 3 rings (SSSR count). The summed E-state index contributed by atoms with van der Waals surface area (Å²) in [5.74, 6) is 0.243. The summed E-state index contributed by atoms with van der Waals surface area (Å²) in [6.07, 6.45) is 2.15. The molecule has 1 amide bonds. The largest absolute Gasteiger partial charge is 0.416 e. The van der Waals surface area contributed by atoms with Crippen molar-refractivity contribution in [1.82, 2.24) is 10.2 Å². The minimum atomic E-state index is -0.527. The second kappa shape index (κ2) is 6.26. The predicted molar refractivity (Wildman–Crippen MR) is 81.6 cm³/mol. The summed E-state index contributed by atoms with van der Waals surface area (Å²) < 4.78 is 18.6. The normalized spacial score (nSPS) is 15.6. The minimum Gasteiger partial charge on any atom is -0.416 e. The van der Waals surface area contributed by atoms with Gasteiger partial charge >= 0.3 is 0 Å². The number of nitrogens with zero attached hydrogens (tertiary/aromatic N) is 2. The topological polar surface area (TPSA) is 68.0 Å². The molecular weight excluding hydrogens is 329 g/mol. The van der Waals surface area contributed by atoms with Crippen LogP contribution in [0.25, 0.3) is 0 Å². The van der Waals surface area contributed by atoms with Crippen molar-refractivity contribution in [3.05, 3.63) is 34.9 Å². The Bertz CT molecular complexity index is 705. The van der Waals surface area contributed by atoms with Crippen LogP contribution >= 0.6 is 23.4 Å². The van der Waals surface area contributed by atoms with Crippen molar-refractivity contribution >= 4 is 35.0 Å². The molecule has 0 radical (unpaired) electrons. The van der Waals surface area contributed by atoms with Crippen LogP contribution in [0.15, 0.2) is 27.8 Å². The van der Waals surface area contributed by atoms with E-state index in [4.69, 9.17) is 16.0 Å². The van der Waals surface area contributed by atoms with E-state index in [1.807, 2.05) is 0 Å². The third kappa shape index (κ3) is 3.59. The highest BCUT2D eigenvalue weighted by Gasteiger charge is 2.30. The molecule has 2 aromatic rings. The Balaban J connectivity index is 1.59. The number of benzene rings is 1. The van der Waals surface area contributed by atoms with Crippen molar-refractivity contribution in [2.75, 3.05) is 5.32 Å². The second-order valence-electron chi connectivity index (χ2n) is 5.06. The number of carbonyl (C=O) groups excluding carboxylic acids is 1. The fourth-order valence-electron chi connectivity index (χ4n) is 1.79. The van der Waals surface area contributed by atoms with Crippen LogP contribution in [0.2, 0.25) is 5.02 Å². The van der Waals surface area contributed by atoms with E-state index < -0.39 is 11.1 Å². The Morgan fingerprint density at radius 1 is 1.50 bits per heavy atom.